The van der Waals surface area contributed by atoms with Crippen LogP contribution in [0.1, 0.15) is 16.7 Å². The van der Waals surface area contributed by atoms with Crippen LogP contribution in [0.2, 0.25) is 5.02 Å². The Labute approximate surface area is 183 Å². The molecule has 0 spiro atoms. The summed E-state index contributed by atoms with van der Waals surface area (Å²) in [6.45, 7) is 5.54. The molecule has 1 saturated heterocycles. The SMILES string of the molecule is Clc1ccccc1C[NH+]1CCN(N=Cc2cccc(OCc3ccccc3)c2)CC1. The maximum atomic E-state index is 6.30. The first-order chi connectivity index (χ1) is 14.8. The molecule has 0 amide bonds. The molecule has 0 unspecified atom stereocenters. The number of hydrazone groups is 1. The monoisotopic (exact) mass is 420 g/mol. The third kappa shape index (κ3) is 5.85. The highest BCUT2D eigenvalue weighted by Crippen LogP contribution is 2.15. The summed E-state index contributed by atoms with van der Waals surface area (Å²) in [5, 5.41) is 7.69. The quantitative estimate of drug-likeness (QED) is 0.591. The van der Waals surface area contributed by atoms with Crippen molar-refractivity contribution >= 4 is 17.8 Å². The van der Waals surface area contributed by atoms with Crippen LogP contribution < -0.4 is 9.64 Å². The van der Waals surface area contributed by atoms with Crippen LogP contribution in [0.5, 0.6) is 5.75 Å². The van der Waals surface area contributed by atoms with Crippen LogP contribution in [0.3, 0.4) is 0 Å². The lowest BCUT2D eigenvalue weighted by molar-refractivity contribution is -0.918. The van der Waals surface area contributed by atoms with E-state index in [0.29, 0.717) is 6.61 Å². The Bertz CT molecular complexity index is 969. The van der Waals surface area contributed by atoms with E-state index in [1.807, 2.05) is 54.7 Å². The maximum Gasteiger partial charge on any atom is 0.120 e. The first kappa shape index (κ1) is 20.5. The van der Waals surface area contributed by atoms with Crippen molar-refractivity contribution in [1.82, 2.24) is 5.01 Å². The molecule has 1 N–H and O–H groups in total. The van der Waals surface area contributed by atoms with Crippen molar-refractivity contribution in [2.24, 2.45) is 5.10 Å². The van der Waals surface area contributed by atoms with Crippen LogP contribution in [-0.4, -0.2) is 37.4 Å². The van der Waals surface area contributed by atoms with Crippen molar-refractivity contribution in [2.45, 2.75) is 13.2 Å². The largest absolute Gasteiger partial charge is 0.489 e. The molecule has 1 aliphatic heterocycles. The van der Waals surface area contributed by atoms with Gasteiger partial charge in [0.25, 0.3) is 0 Å². The van der Waals surface area contributed by atoms with Gasteiger partial charge in [0.2, 0.25) is 0 Å². The molecule has 0 atom stereocenters. The van der Waals surface area contributed by atoms with Gasteiger partial charge in [-0.05, 0) is 29.3 Å². The Kier molecular flexibility index (Phi) is 7.01. The van der Waals surface area contributed by atoms with E-state index in [0.717, 1.165) is 54.6 Å². The lowest BCUT2D eigenvalue weighted by Crippen LogP contribution is -3.13. The first-order valence-electron chi connectivity index (χ1n) is 10.4. The normalized spacial score (nSPS) is 14.9. The Hall–Kier alpha value is -2.82. The number of benzene rings is 3. The molecular formula is C25H27ClN3O+. The van der Waals surface area contributed by atoms with Gasteiger partial charge in [0, 0.05) is 10.6 Å². The number of ether oxygens (including phenoxy) is 1. The highest BCUT2D eigenvalue weighted by atomic mass is 35.5. The highest BCUT2D eigenvalue weighted by molar-refractivity contribution is 6.31. The minimum Gasteiger partial charge on any atom is -0.489 e. The van der Waals surface area contributed by atoms with Gasteiger partial charge in [0.05, 0.1) is 32.4 Å². The van der Waals surface area contributed by atoms with Gasteiger partial charge in [-0.15, -0.1) is 0 Å². The summed E-state index contributed by atoms with van der Waals surface area (Å²) in [5.74, 6) is 0.858. The van der Waals surface area contributed by atoms with Gasteiger partial charge in [-0.2, -0.15) is 5.10 Å². The number of rotatable bonds is 7. The zero-order chi connectivity index (χ0) is 20.6. The summed E-state index contributed by atoms with van der Waals surface area (Å²) in [5.41, 5.74) is 3.43. The molecule has 1 aliphatic rings. The standard InChI is InChI=1S/C25H26ClN3O/c26-25-12-5-4-10-23(25)19-28-13-15-29(16-14-28)27-18-22-9-6-11-24(17-22)30-20-21-7-2-1-3-8-21/h1-12,17-18H,13-16,19-20H2/p+1. The van der Waals surface area contributed by atoms with E-state index in [2.05, 4.69) is 40.4 Å². The topological polar surface area (TPSA) is 29.3 Å². The Morgan fingerprint density at radius 2 is 1.70 bits per heavy atom. The highest BCUT2D eigenvalue weighted by Gasteiger charge is 2.19. The molecule has 3 aromatic carbocycles. The van der Waals surface area contributed by atoms with Gasteiger partial charge >= 0.3 is 0 Å². The molecule has 0 aromatic heterocycles. The van der Waals surface area contributed by atoms with Gasteiger partial charge in [-0.1, -0.05) is 72.3 Å². The van der Waals surface area contributed by atoms with Gasteiger partial charge in [-0.25, -0.2) is 0 Å². The number of hydrogen-bond acceptors (Lipinski definition) is 3. The lowest BCUT2D eigenvalue weighted by atomic mass is 10.2. The van der Waals surface area contributed by atoms with E-state index >= 15 is 0 Å². The van der Waals surface area contributed by atoms with E-state index in [1.165, 1.54) is 5.56 Å². The number of hydrogen-bond donors (Lipinski definition) is 1. The van der Waals surface area contributed by atoms with Crippen LogP contribution in [0.25, 0.3) is 0 Å². The van der Waals surface area contributed by atoms with Crippen LogP contribution in [0.15, 0.2) is 84.0 Å². The number of nitrogens with one attached hydrogen (secondary N) is 1. The summed E-state index contributed by atoms with van der Waals surface area (Å²) in [6, 6.07) is 26.4. The van der Waals surface area contributed by atoms with Gasteiger partial charge in [0.1, 0.15) is 18.9 Å². The van der Waals surface area contributed by atoms with Crippen LogP contribution in [-0.2, 0) is 13.2 Å². The van der Waals surface area contributed by atoms with E-state index in [4.69, 9.17) is 16.3 Å². The Balaban J connectivity index is 1.27. The molecule has 5 heteroatoms. The van der Waals surface area contributed by atoms with Crippen LogP contribution in [0.4, 0.5) is 0 Å². The maximum absolute atomic E-state index is 6.30. The van der Waals surface area contributed by atoms with Crippen molar-refractivity contribution in [3.8, 4) is 5.75 Å². The number of piperazine rings is 1. The van der Waals surface area contributed by atoms with E-state index in [9.17, 15) is 0 Å². The molecule has 3 aromatic rings. The van der Waals surface area contributed by atoms with Crippen LogP contribution >= 0.6 is 11.6 Å². The Morgan fingerprint density at radius 3 is 2.50 bits per heavy atom. The smallest absolute Gasteiger partial charge is 0.120 e. The molecule has 0 bridgehead atoms. The zero-order valence-electron chi connectivity index (χ0n) is 17.0. The summed E-state index contributed by atoms with van der Waals surface area (Å²) in [4.78, 5) is 1.55. The lowest BCUT2D eigenvalue weighted by Gasteiger charge is -2.30. The Morgan fingerprint density at radius 1 is 0.933 bits per heavy atom. The molecule has 4 nitrogen and oxygen atoms in total. The van der Waals surface area contributed by atoms with Gasteiger partial charge in [0.15, 0.2) is 0 Å². The summed E-state index contributed by atoms with van der Waals surface area (Å²) >= 11 is 6.30. The number of nitrogens with zero attached hydrogens (tertiary/aromatic N) is 2. The molecule has 30 heavy (non-hydrogen) atoms. The van der Waals surface area contributed by atoms with E-state index in [1.54, 1.807) is 4.90 Å². The molecule has 0 radical (unpaired) electrons. The fraction of sp³-hybridized carbons (Fsp3) is 0.240. The minimum atomic E-state index is 0.567. The van der Waals surface area contributed by atoms with Crippen molar-refractivity contribution in [2.75, 3.05) is 26.2 Å². The number of quaternary nitrogens is 1. The molecule has 4 rings (SSSR count). The fourth-order valence-electron chi connectivity index (χ4n) is 3.59. The van der Waals surface area contributed by atoms with E-state index < -0.39 is 0 Å². The van der Waals surface area contributed by atoms with Crippen molar-refractivity contribution in [3.63, 3.8) is 0 Å². The average Bonchev–Trinajstić information content (AvgIpc) is 2.80. The van der Waals surface area contributed by atoms with E-state index in [-0.39, 0.29) is 0 Å². The zero-order valence-corrected chi connectivity index (χ0v) is 17.8. The third-order valence-electron chi connectivity index (χ3n) is 5.32. The van der Waals surface area contributed by atoms with Crippen molar-refractivity contribution in [3.05, 3.63) is 101 Å². The van der Waals surface area contributed by atoms with Crippen molar-refractivity contribution < 1.29 is 9.64 Å². The predicted octanol–water partition coefficient (Wildman–Crippen LogP) is 3.65. The summed E-state index contributed by atoms with van der Waals surface area (Å²) in [7, 11) is 0. The molecule has 154 valence electrons. The average molecular weight is 421 g/mol. The molecule has 1 heterocycles. The number of halogens is 1. The second-order valence-electron chi connectivity index (χ2n) is 7.56. The minimum absolute atomic E-state index is 0.567. The molecule has 1 fully saturated rings. The first-order valence-corrected chi connectivity index (χ1v) is 10.8. The predicted molar refractivity (Wildman–Crippen MR) is 122 cm³/mol. The van der Waals surface area contributed by atoms with Gasteiger partial charge in [-0.3, -0.25) is 5.01 Å². The third-order valence-corrected chi connectivity index (χ3v) is 5.69. The van der Waals surface area contributed by atoms with Crippen LogP contribution in [0, 0.1) is 0 Å². The summed E-state index contributed by atoms with van der Waals surface area (Å²) in [6.07, 6.45) is 1.93. The second kappa shape index (κ2) is 10.3. The molecular weight excluding hydrogens is 394 g/mol. The second-order valence-corrected chi connectivity index (χ2v) is 7.97. The molecule has 0 saturated carbocycles. The van der Waals surface area contributed by atoms with Crippen molar-refractivity contribution in [1.29, 1.82) is 0 Å². The summed E-state index contributed by atoms with van der Waals surface area (Å²) < 4.78 is 5.92. The molecule has 0 aliphatic carbocycles. The van der Waals surface area contributed by atoms with Gasteiger partial charge < -0.3 is 9.64 Å². The fourth-order valence-corrected chi connectivity index (χ4v) is 3.79.